The molecule has 2 atom stereocenters. The molecule has 0 saturated carbocycles. The van der Waals surface area contributed by atoms with Crippen LogP contribution in [-0.4, -0.2) is 29.4 Å². The Hall–Kier alpha value is -1.68. The summed E-state index contributed by atoms with van der Waals surface area (Å²) in [5, 5.41) is 11.6. The number of nitrogens with one attached hydrogen (secondary N) is 1. The number of fused-ring (bicyclic) bond motifs is 1. The van der Waals surface area contributed by atoms with Crippen molar-refractivity contribution in [2.75, 3.05) is 6.54 Å². The molecule has 4 nitrogen and oxygen atoms in total. The molecule has 4 heteroatoms. The third-order valence-electron chi connectivity index (χ3n) is 3.19. The monoisotopic (exact) mass is 233 g/mol. The van der Waals surface area contributed by atoms with Gasteiger partial charge in [0.2, 0.25) is 0 Å². The standard InChI is InChI=1S/C13H15NO3/c1-8(15)13-10-5-3-2-4-9(10)6-11(13)14-7-12(16)17/h2-5,11,13-14H,6-7H2,1H3,(H,16,17). The Labute approximate surface area is 99.6 Å². The van der Waals surface area contributed by atoms with E-state index in [4.69, 9.17) is 5.11 Å². The van der Waals surface area contributed by atoms with Crippen LogP contribution >= 0.6 is 0 Å². The van der Waals surface area contributed by atoms with Gasteiger partial charge in [-0.3, -0.25) is 9.59 Å². The van der Waals surface area contributed by atoms with Gasteiger partial charge in [0.05, 0.1) is 12.5 Å². The number of carboxylic acid groups (broad SMARTS) is 1. The summed E-state index contributed by atoms with van der Waals surface area (Å²) in [6.07, 6.45) is 0.716. The molecular weight excluding hydrogens is 218 g/mol. The van der Waals surface area contributed by atoms with Crippen molar-refractivity contribution in [1.82, 2.24) is 5.32 Å². The van der Waals surface area contributed by atoms with Gasteiger partial charge < -0.3 is 10.4 Å². The number of carbonyl (C=O) groups is 2. The summed E-state index contributed by atoms with van der Waals surface area (Å²) in [7, 11) is 0. The fourth-order valence-electron chi connectivity index (χ4n) is 2.51. The molecule has 0 radical (unpaired) electrons. The van der Waals surface area contributed by atoms with Crippen LogP contribution in [0.4, 0.5) is 0 Å². The second kappa shape index (κ2) is 4.67. The van der Waals surface area contributed by atoms with Crippen molar-refractivity contribution in [1.29, 1.82) is 0 Å². The van der Waals surface area contributed by atoms with Crippen LogP contribution in [0.25, 0.3) is 0 Å². The Balaban J connectivity index is 2.21. The highest BCUT2D eigenvalue weighted by molar-refractivity contribution is 5.86. The molecule has 1 aromatic rings. The van der Waals surface area contributed by atoms with E-state index in [1.807, 2.05) is 24.3 Å². The summed E-state index contributed by atoms with van der Waals surface area (Å²) >= 11 is 0. The van der Waals surface area contributed by atoms with E-state index >= 15 is 0 Å². The molecule has 0 spiro atoms. The topological polar surface area (TPSA) is 66.4 Å². The molecule has 0 aromatic heterocycles. The van der Waals surface area contributed by atoms with E-state index in [0.29, 0.717) is 6.42 Å². The van der Waals surface area contributed by atoms with E-state index < -0.39 is 5.97 Å². The highest BCUT2D eigenvalue weighted by Gasteiger charge is 2.35. The molecule has 17 heavy (non-hydrogen) atoms. The number of rotatable bonds is 4. The van der Waals surface area contributed by atoms with Crippen molar-refractivity contribution in [3.05, 3.63) is 35.4 Å². The maximum Gasteiger partial charge on any atom is 0.317 e. The Bertz CT molecular complexity index is 456. The number of carboxylic acids is 1. The molecule has 90 valence electrons. The number of Topliss-reactive ketones (excluding diaryl/α,β-unsaturated/α-hetero) is 1. The summed E-state index contributed by atoms with van der Waals surface area (Å²) in [5.41, 5.74) is 2.17. The first-order valence-corrected chi connectivity index (χ1v) is 5.63. The number of hydrogen-bond acceptors (Lipinski definition) is 3. The van der Waals surface area contributed by atoms with Gasteiger partial charge in [0.25, 0.3) is 0 Å². The Morgan fingerprint density at radius 3 is 2.76 bits per heavy atom. The minimum absolute atomic E-state index is 0.0813. The van der Waals surface area contributed by atoms with E-state index in [-0.39, 0.29) is 24.3 Å². The Morgan fingerprint density at radius 1 is 1.41 bits per heavy atom. The van der Waals surface area contributed by atoms with Crippen LogP contribution in [0.15, 0.2) is 24.3 Å². The molecule has 0 bridgehead atoms. The van der Waals surface area contributed by atoms with Gasteiger partial charge in [-0.25, -0.2) is 0 Å². The van der Waals surface area contributed by atoms with Crippen molar-refractivity contribution >= 4 is 11.8 Å². The first-order chi connectivity index (χ1) is 8.09. The molecule has 0 aliphatic heterocycles. The normalized spacial score (nSPS) is 22.2. The predicted molar refractivity (Wildman–Crippen MR) is 63.0 cm³/mol. The molecule has 1 aliphatic rings. The Morgan fingerprint density at radius 2 is 2.12 bits per heavy atom. The molecule has 2 N–H and O–H groups in total. The van der Waals surface area contributed by atoms with Crippen LogP contribution in [0.5, 0.6) is 0 Å². The molecule has 0 saturated heterocycles. The highest BCUT2D eigenvalue weighted by Crippen LogP contribution is 2.33. The number of carbonyl (C=O) groups excluding carboxylic acids is 1. The zero-order valence-corrected chi connectivity index (χ0v) is 9.64. The maximum absolute atomic E-state index is 11.7. The second-order valence-electron chi connectivity index (χ2n) is 4.37. The summed E-state index contributed by atoms with van der Waals surface area (Å²) in [5.74, 6) is -1.04. The van der Waals surface area contributed by atoms with Crippen molar-refractivity contribution in [2.24, 2.45) is 0 Å². The fraction of sp³-hybridized carbons (Fsp3) is 0.385. The zero-order chi connectivity index (χ0) is 12.4. The van der Waals surface area contributed by atoms with Crippen LogP contribution in [0.2, 0.25) is 0 Å². The molecule has 2 unspecified atom stereocenters. The van der Waals surface area contributed by atoms with Crippen LogP contribution in [0.3, 0.4) is 0 Å². The van der Waals surface area contributed by atoms with Crippen LogP contribution in [-0.2, 0) is 16.0 Å². The van der Waals surface area contributed by atoms with Crippen molar-refractivity contribution in [3.63, 3.8) is 0 Å². The molecule has 0 heterocycles. The highest BCUT2D eigenvalue weighted by atomic mass is 16.4. The summed E-state index contributed by atoms with van der Waals surface area (Å²) in [6.45, 7) is 1.45. The molecular formula is C13H15NO3. The first kappa shape index (κ1) is 11.8. The van der Waals surface area contributed by atoms with E-state index in [1.54, 1.807) is 6.92 Å². The van der Waals surface area contributed by atoms with Crippen LogP contribution in [0.1, 0.15) is 24.0 Å². The van der Waals surface area contributed by atoms with Crippen molar-refractivity contribution < 1.29 is 14.7 Å². The Kier molecular flexibility index (Phi) is 3.24. The van der Waals surface area contributed by atoms with Gasteiger partial charge in [-0.2, -0.15) is 0 Å². The van der Waals surface area contributed by atoms with Gasteiger partial charge in [-0.15, -0.1) is 0 Å². The predicted octanol–water partition coefficient (Wildman–Crippen LogP) is 0.958. The number of aliphatic carboxylic acids is 1. The van der Waals surface area contributed by atoms with Crippen molar-refractivity contribution in [2.45, 2.75) is 25.3 Å². The summed E-state index contributed by atoms with van der Waals surface area (Å²) in [4.78, 5) is 22.2. The van der Waals surface area contributed by atoms with Gasteiger partial charge in [0.1, 0.15) is 5.78 Å². The lowest BCUT2D eigenvalue weighted by molar-refractivity contribution is -0.136. The first-order valence-electron chi connectivity index (χ1n) is 5.63. The third kappa shape index (κ3) is 2.36. The van der Waals surface area contributed by atoms with Crippen molar-refractivity contribution in [3.8, 4) is 0 Å². The van der Waals surface area contributed by atoms with Gasteiger partial charge in [-0.05, 0) is 24.5 Å². The second-order valence-corrected chi connectivity index (χ2v) is 4.37. The third-order valence-corrected chi connectivity index (χ3v) is 3.19. The van der Waals surface area contributed by atoms with Gasteiger partial charge >= 0.3 is 5.97 Å². The van der Waals surface area contributed by atoms with Crippen LogP contribution < -0.4 is 5.32 Å². The molecule has 1 aliphatic carbocycles. The lowest BCUT2D eigenvalue weighted by Gasteiger charge is -2.18. The minimum atomic E-state index is -0.900. The largest absolute Gasteiger partial charge is 0.480 e. The minimum Gasteiger partial charge on any atom is -0.480 e. The number of hydrogen-bond donors (Lipinski definition) is 2. The quantitative estimate of drug-likeness (QED) is 0.812. The van der Waals surface area contributed by atoms with E-state index in [0.717, 1.165) is 11.1 Å². The SMILES string of the molecule is CC(=O)C1c2ccccc2CC1NCC(=O)O. The smallest absolute Gasteiger partial charge is 0.317 e. The van der Waals surface area contributed by atoms with E-state index in [2.05, 4.69) is 5.32 Å². The molecule has 0 amide bonds. The van der Waals surface area contributed by atoms with Gasteiger partial charge in [-0.1, -0.05) is 24.3 Å². The summed E-state index contributed by atoms with van der Waals surface area (Å²) < 4.78 is 0. The average Bonchev–Trinajstić information content (AvgIpc) is 2.64. The van der Waals surface area contributed by atoms with Gasteiger partial charge in [0, 0.05) is 6.04 Å². The lowest BCUT2D eigenvalue weighted by Crippen LogP contribution is -2.38. The van der Waals surface area contributed by atoms with Crippen LogP contribution in [0, 0.1) is 0 Å². The molecule has 2 rings (SSSR count). The van der Waals surface area contributed by atoms with Gasteiger partial charge in [0.15, 0.2) is 0 Å². The number of benzene rings is 1. The molecule has 1 aromatic carbocycles. The number of ketones is 1. The molecule has 0 fully saturated rings. The fourth-order valence-corrected chi connectivity index (χ4v) is 2.51. The van der Waals surface area contributed by atoms with E-state index in [1.165, 1.54) is 0 Å². The summed E-state index contributed by atoms with van der Waals surface area (Å²) in [6, 6.07) is 7.70. The van der Waals surface area contributed by atoms with E-state index in [9.17, 15) is 9.59 Å². The zero-order valence-electron chi connectivity index (χ0n) is 9.64. The lowest BCUT2D eigenvalue weighted by atomic mass is 9.94. The average molecular weight is 233 g/mol. The maximum atomic E-state index is 11.7.